The van der Waals surface area contributed by atoms with Gasteiger partial charge in [-0.05, 0) is 32.9 Å². The van der Waals surface area contributed by atoms with E-state index in [1.165, 1.54) is 9.75 Å². The van der Waals surface area contributed by atoms with Crippen LogP contribution in [0.2, 0.25) is 0 Å². The van der Waals surface area contributed by atoms with Crippen LogP contribution in [0.3, 0.4) is 0 Å². The van der Waals surface area contributed by atoms with Crippen molar-refractivity contribution in [2.75, 3.05) is 23.8 Å². The molecular weight excluding hydrogens is 274 g/mol. The molecule has 2 aromatic heterocycles. The molecule has 0 spiro atoms. The lowest BCUT2D eigenvalue weighted by Gasteiger charge is -2.08. The Morgan fingerprint density at radius 2 is 1.85 bits per heavy atom. The Bertz CT molecular complexity index is 533. The molecule has 0 saturated carbocycles. The van der Waals surface area contributed by atoms with Crippen LogP contribution in [0, 0.1) is 6.92 Å². The van der Waals surface area contributed by atoms with E-state index in [4.69, 9.17) is 4.74 Å². The molecule has 2 N–H and O–H groups in total. The molecule has 2 aromatic rings. The van der Waals surface area contributed by atoms with Gasteiger partial charge in [-0.1, -0.05) is 0 Å². The normalized spacial score (nSPS) is 10.3. The van der Waals surface area contributed by atoms with E-state index in [1.807, 2.05) is 13.8 Å². The summed E-state index contributed by atoms with van der Waals surface area (Å²) in [7, 11) is 0. The van der Waals surface area contributed by atoms with Crippen LogP contribution in [0.4, 0.5) is 11.9 Å². The maximum atomic E-state index is 5.35. The molecule has 6 nitrogen and oxygen atoms in total. The van der Waals surface area contributed by atoms with E-state index < -0.39 is 0 Å². The van der Waals surface area contributed by atoms with Gasteiger partial charge in [0.15, 0.2) is 0 Å². The summed E-state index contributed by atoms with van der Waals surface area (Å²) in [6.45, 7) is 7.95. The monoisotopic (exact) mass is 293 g/mol. The molecular formula is C13H19N5OS. The minimum atomic E-state index is 0.336. The summed E-state index contributed by atoms with van der Waals surface area (Å²) in [6.07, 6.45) is 0. The number of thiophene rings is 1. The highest BCUT2D eigenvalue weighted by Crippen LogP contribution is 2.17. The SMILES string of the molecule is CCNc1nc(NCc2ccc(C)s2)nc(OCC)n1. The first-order valence-electron chi connectivity index (χ1n) is 6.63. The van der Waals surface area contributed by atoms with E-state index >= 15 is 0 Å². The lowest BCUT2D eigenvalue weighted by atomic mass is 10.4. The second-order valence-corrected chi connectivity index (χ2v) is 5.47. The van der Waals surface area contributed by atoms with E-state index in [0.717, 1.165) is 6.54 Å². The van der Waals surface area contributed by atoms with Crippen molar-refractivity contribution < 1.29 is 4.74 Å². The van der Waals surface area contributed by atoms with E-state index in [2.05, 4.69) is 44.6 Å². The summed E-state index contributed by atoms with van der Waals surface area (Å²) >= 11 is 1.76. The fourth-order valence-electron chi connectivity index (χ4n) is 1.61. The summed E-state index contributed by atoms with van der Waals surface area (Å²) in [5.74, 6) is 1.04. The van der Waals surface area contributed by atoms with Gasteiger partial charge in [-0.2, -0.15) is 15.0 Å². The average Bonchev–Trinajstić information content (AvgIpc) is 2.83. The first-order valence-corrected chi connectivity index (χ1v) is 7.44. The zero-order valence-corrected chi connectivity index (χ0v) is 12.8. The fraction of sp³-hybridized carbons (Fsp3) is 0.462. The minimum Gasteiger partial charge on any atom is -0.464 e. The van der Waals surface area contributed by atoms with Gasteiger partial charge in [0.2, 0.25) is 11.9 Å². The van der Waals surface area contributed by atoms with Crippen molar-refractivity contribution in [3.63, 3.8) is 0 Å². The van der Waals surface area contributed by atoms with Crippen molar-refractivity contribution >= 4 is 23.2 Å². The van der Waals surface area contributed by atoms with E-state index in [-0.39, 0.29) is 0 Å². The topological polar surface area (TPSA) is 72.0 Å². The van der Waals surface area contributed by atoms with Gasteiger partial charge in [0, 0.05) is 16.3 Å². The maximum absolute atomic E-state index is 5.35. The summed E-state index contributed by atoms with van der Waals surface area (Å²) in [5, 5.41) is 6.27. The van der Waals surface area contributed by atoms with Gasteiger partial charge in [-0.25, -0.2) is 0 Å². The van der Waals surface area contributed by atoms with Gasteiger partial charge < -0.3 is 15.4 Å². The van der Waals surface area contributed by atoms with Crippen molar-refractivity contribution in [1.82, 2.24) is 15.0 Å². The van der Waals surface area contributed by atoms with Crippen LogP contribution in [0.5, 0.6) is 6.01 Å². The summed E-state index contributed by atoms with van der Waals surface area (Å²) in [6, 6.07) is 4.54. The molecule has 0 fully saturated rings. The van der Waals surface area contributed by atoms with Gasteiger partial charge in [0.1, 0.15) is 0 Å². The van der Waals surface area contributed by atoms with Crippen LogP contribution in [-0.2, 0) is 6.54 Å². The number of nitrogens with zero attached hydrogens (tertiary/aromatic N) is 3. The fourth-order valence-corrected chi connectivity index (χ4v) is 2.44. The number of aromatic nitrogens is 3. The molecule has 0 bridgehead atoms. The van der Waals surface area contributed by atoms with Gasteiger partial charge in [0.05, 0.1) is 13.2 Å². The van der Waals surface area contributed by atoms with Crippen LogP contribution in [-0.4, -0.2) is 28.1 Å². The van der Waals surface area contributed by atoms with Crippen molar-refractivity contribution in [3.8, 4) is 6.01 Å². The quantitative estimate of drug-likeness (QED) is 0.818. The molecule has 7 heteroatoms. The number of hydrogen-bond donors (Lipinski definition) is 2. The van der Waals surface area contributed by atoms with Crippen molar-refractivity contribution in [3.05, 3.63) is 21.9 Å². The lowest BCUT2D eigenvalue weighted by molar-refractivity contribution is 0.312. The predicted octanol–water partition coefficient (Wildman–Crippen LogP) is 2.68. The Morgan fingerprint density at radius 1 is 1.10 bits per heavy atom. The molecule has 0 unspecified atom stereocenters. The number of ether oxygens (including phenoxy) is 1. The Balaban J connectivity index is 2.08. The molecule has 108 valence electrons. The van der Waals surface area contributed by atoms with Crippen LogP contribution in [0.1, 0.15) is 23.6 Å². The minimum absolute atomic E-state index is 0.336. The summed E-state index contributed by atoms with van der Waals surface area (Å²) < 4.78 is 5.35. The van der Waals surface area contributed by atoms with Crippen molar-refractivity contribution in [2.24, 2.45) is 0 Å². The first-order chi connectivity index (χ1) is 9.71. The van der Waals surface area contributed by atoms with E-state index in [1.54, 1.807) is 11.3 Å². The number of rotatable bonds is 7. The van der Waals surface area contributed by atoms with Crippen molar-refractivity contribution in [2.45, 2.75) is 27.3 Å². The Kier molecular flexibility index (Phi) is 5.11. The third-order valence-electron chi connectivity index (χ3n) is 2.44. The molecule has 20 heavy (non-hydrogen) atoms. The number of anilines is 2. The number of aryl methyl sites for hydroxylation is 1. The first kappa shape index (κ1) is 14.5. The van der Waals surface area contributed by atoms with E-state index in [9.17, 15) is 0 Å². The van der Waals surface area contributed by atoms with Gasteiger partial charge in [0.25, 0.3) is 0 Å². The molecule has 0 aliphatic carbocycles. The smallest absolute Gasteiger partial charge is 0.323 e. The highest BCUT2D eigenvalue weighted by atomic mass is 32.1. The van der Waals surface area contributed by atoms with E-state index in [0.29, 0.717) is 31.1 Å². The summed E-state index contributed by atoms with van der Waals surface area (Å²) in [5.41, 5.74) is 0. The van der Waals surface area contributed by atoms with Crippen LogP contribution in [0.15, 0.2) is 12.1 Å². The average molecular weight is 293 g/mol. The maximum Gasteiger partial charge on any atom is 0.323 e. The predicted molar refractivity (Wildman–Crippen MR) is 81.5 cm³/mol. The Morgan fingerprint density at radius 3 is 2.45 bits per heavy atom. The lowest BCUT2D eigenvalue weighted by Crippen LogP contribution is -2.10. The largest absolute Gasteiger partial charge is 0.464 e. The second kappa shape index (κ2) is 7.04. The molecule has 2 rings (SSSR count). The number of hydrogen-bond acceptors (Lipinski definition) is 7. The second-order valence-electron chi connectivity index (χ2n) is 4.09. The third kappa shape index (κ3) is 4.06. The molecule has 0 atom stereocenters. The number of nitrogens with one attached hydrogen (secondary N) is 2. The van der Waals surface area contributed by atoms with Crippen LogP contribution in [0.25, 0.3) is 0 Å². The van der Waals surface area contributed by atoms with Gasteiger partial charge >= 0.3 is 6.01 Å². The summed E-state index contributed by atoms with van der Waals surface area (Å²) in [4.78, 5) is 15.3. The molecule has 0 aliphatic heterocycles. The molecule has 0 aliphatic rings. The molecule has 0 amide bonds. The van der Waals surface area contributed by atoms with Crippen LogP contribution < -0.4 is 15.4 Å². The highest BCUT2D eigenvalue weighted by molar-refractivity contribution is 7.11. The standard InChI is InChI=1S/C13H19N5OS/c1-4-14-11-16-12(18-13(17-11)19-5-2)15-8-10-7-6-9(3)20-10/h6-7H,4-5,8H2,1-3H3,(H2,14,15,16,17,18). The highest BCUT2D eigenvalue weighted by Gasteiger charge is 2.07. The Hall–Kier alpha value is -1.89. The van der Waals surface area contributed by atoms with Gasteiger partial charge in [-0.3, -0.25) is 0 Å². The molecule has 0 radical (unpaired) electrons. The molecule has 0 saturated heterocycles. The van der Waals surface area contributed by atoms with Crippen molar-refractivity contribution in [1.29, 1.82) is 0 Å². The molecule has 0 aromatic carbocycles. The molecule has 2 heterocycles. The Labute approximate surface area is 122 Å². The zero-order valence-electron chi connectivity index (χ0n) is 11.9. The van der Waals surface area contributed by atoms with Crippen LogP contribution >= 0.6 is 11.3 Å². The third-order valence-corrected chi connectivity index (χ3v) is 3.44. The van der Waals surface area contributed by atoms with Gasteiger partial charge in [-0.15, -0.1) is 11.3 Å². The zero-order chi connectivity index (χ0) is 14.4.